The second-order valence-electron chi connectivity index (χ2n) is 14.1. The van der Waals surface area contributed by atoms with Gasteiger partial charge in [-0.1, -0.05) is 71.7 Å². The van der Waals surface area contributed by atoms with Crippen LogP contribution >= 0.6 is 55.1 Å². The van der Waals surface area contributed by atoms with E-state index in [4.69, 9.17) is 27.9 Å². The molecule has 0 atom stereocenters. The van der Waals surface area contributed by atoms with E-state index in [1.807, 2.05) is 68.5 Å². The number of benzene rings is 5. The molecule has 6 rings (SSSR count). The molecule has 278 valence electrons. The normalized spacial score (nSPS) is 12.8. The minimum absolute atomic E-state index is 0.208. The largest absolute Gasteiger partial charge is 0.442 e. The third-order valence-corrected chi connectivity index (χ3v) is 13.0. The third kappa shape index (κ3) is 7.67. The first-order valence-corrected chi connectivity index (χ1v) is 19.6. The first-order chi connectivity index (χ1) is 25.6. The molecule has 1 aliphatic heterocycles. The lowest BCUT2D eigenvalue weighted by atomic mass is 9.83. The molecule has 0 saturated carbocycles. The highest BCUT2D eigenvalue weighted by Gasteiger charge is 2.48. The molecule has 5 aromatic carbocycles. The summed E-state index contributed by atoms with van der Waals surface area (Å²) in [6.07, 6.45) is 4.02. The van der Waals surface area contributed by atoms with Gasteiger partial charge in [0.1, 0.15) is 0 Å². The zero-order valence-electron chi connectivity index (χ0n) is 31.5. The maximum absolute atomic E-state index is 14.2. The zero-order chi connectivity index (χ0) is 39.1. The van der Waals surface area contributed by atoms with Gasteiger partial charge in [-0.3, -0.25) is 0 Å². The van der Waals surface area contributed by atoms with E-state index in [-0.39, 0.29) is 10.6 Å². The molecule has 0 aliphatic carbocycles. The number of anilines is 4. The van der Waals surface area contributed by atoms with Gasteiger partial charge in [0.25, 0.3) is 0 Å². The quantitative estimate of drug-likeness (QED) is 0.0790. The molecule has 0 bridgehead atoms. The highest BCUT2D eigenvalue weighted by Crippen LogP contribution is 2.53. The predicted octanol–water partition coefficient (Wildman–Crippen LogP) is 11.4. The number of hydrogen-bond acceptors (Lipinski definition) is 6. The SMILES string of the molecule is CN(C)c1ccc(C(=CC2(C=C(c3ccc(N(C)C)cc3)c3ccc(N(C)C)cc3)OC(=O)c3c(Cl)c(Br)c(Br)c(Cl)c32)c2ccc(N(C)C)cc2)cc1. The van der Waals surface area contributed by atoms with E-state index >= 15 is 0 Å². The number of rotatable bonds is 10. The Kier molecular flexibility index (Phi) is 11.6. The highest BCUT2D eigenvalue weighted by atomic mass is 79.9. The Morgan fingerprint density at radius 2 is 0.796 bits per heavy atom. The number of cyclic esters (lactones) is 1. The Morgan fingerprint density at radius 1 is 0.519 bits per heavy atom. The monoisotopic (exact) mass is 886 g/mol. The number of fused-ring (bicyclic) bond motifs is 1. The molecule has 1 heterocycles. The van der Waals surface area contributed by atoms with Crippen LogP contribution in [-0.2, 0) is 10.3 Å². The van der Waals surface area contributed by atoms with Gasteiger partial charge in [0.05, 0.1) is 24.6 Å². The molecule has 6 nitrogen and oxygen atoms in total. The van der Waals surface area contributed by atoms with Crippen molar-refractivity contribution in [3.63, 3.8) is 0 Å². The van der Waals surface area contributed by atoms with Crippen molar-refractivity contribution in [3.05, 3.63) is 162 Å². The Labute approximate surface area is 345 Å². The molecule has 10 heteroatoms. The van der Waals surface area contributed by atoms with Gasteiger partial charge in [-0.25, -0.2) is 4.79 Å². The molecule has 0 radical (unpaired) electrons. The maximum Gasteiger partial charge on any atom is 0.341 e. The number of esters is 1. The first-order valence-electron chi connectivity index (χ1n) is 17.3. The molecule has 0 aromatic heterocycles. The molecule has 0 N–H and O–H groups in total. The second-order valence-corrected chi connectivity index (χ2v) is 16.4. The molecular weight excluding hydrogens is 847 g/mol. The van der Waals surface area contributed by atoms with Crippen LogP contribution in [0.3, 0.4) is 0 Å². The van der Waals surface area contributed by atoms with E-state index in [1.54, 1.807) is 0 Å². The summed E-state index contributed by atoms with van der Waals surface area (Å²) in [4.78, 5) is 22.5. The van der Waals surface area contributed by atoms with Crippen molar-refractivity contribution < 1.29 is 9.53 Å². The van der Waals surface area contributed by atoms with Crippen LogP contribution in [0.15, 0.2) is 118 Å². The highest BCUT2D eigenvalue weighted by molar-refractivity contribution is 9.13. The van der Waals surface area contributed by atoms with Gasteiger partial charge in [0.2, 0.25) is 0 Å². The lowest BCUT2D eigenvalue weighted by Gasteiger charge is -2.28. The molecule has 0 fully saturated rings. The van der Waals surface area contributed by atoms with Gasteiger partial charge in [-0.05, 0) is 126 Å². The van der Waals surface area contributed by atoms with Crippen LogP contribution in [0.2, 0.25) is 10.0 Å². The van der Waals surface area contributed by atoms with Crippen molar-refractivity contribution in [2.45, 2.75) is 5.60 Å². The number of hydrogen-bond donors (Lipinski definition) is 0. The van der Waals surface area contributed by atoms with Crippen LogP contribution in [0.5, 0.6) is 0 Å². The van der Waals surface area contributed by atoms with E-state index in [2.05, 4.69) is 149 Å². The molecule has 5 aromatic rings. The van der Waals surface area contributed by atoms with Gasteiger partial charge >= 0.3 is 5.97 Å². The molecular formula is C44H42Br2Cl2N4O2. The summed E-state index contributed by atoms with van der Waals surface area (Å²) >= 11 is 21.5. The van der Waals surface area contributed by atoms with Crippen LogP contribution in [-0.4, -0.2) is 62.4 Å². The van der Waals surface area contributed by atoms with Crippen molar-refractivity contribution in [1.82, 2.24) is 0 Å². The summed E-state index contributed by atoms with van der Waals surface area (Å²) in [6.45, 7) is 0. The van der Waals surface area contributed by atoms with Crippen molar-refractivity contribution >= 4 is 94.9 Å². The van der Waals surface area contributed by atoms with Crippen LogP contribution in [0, 0.1) is 0 Å². The van der Waals surface area contributed by atoms with Crippen molar-refractivity contribution in [2.24, 2.45) is 0 Å². The fraction of sp³-hybridized carbons (Fsp3) is 0.205. The minimum atomic E-state index is -1.51. The van der Waals surface area contributed by atoms with Crippen LogP contribution in [0.4, 0.5) is 22.7 Å². The zero-order valence-corrected chi connectivity index (χ0v) is 36.2. The Hall–Kier alpha value is -4.21. The Morgan fingerprint density at radius 3 is 1.07 bits per heavy atom. The van der Waals surface area contributed by atoms with Gasteiger partial charge in [-0.15, -0.1) is 0 Å². The maximum atomic E-state index is 14.2. The van der Waals surface area contributed by atoms with E-state index in [9.17, 15) is 4.79 Å². The Bertz CT molecular complexity index is 2020. The van der Waals surface area contributed by atoms with E-state index in [1.165, 1.54) is 0 Å². The van der Waals surface area contributed by atoms with E-state index < -0.39 is 11.6 Å². The van der Waals surface area contributed by atoms with Gasteiger partial charge < -0.3 is 24.3 Å². The molecule has 0 spiro atoms. The van der Waals surface area contributed by atoms with Crippen molar-refractivity contribution in [1.29, 1.82) is 0 Å². The summed E-state index contributed by atoms with van der Waals surface area (Å²) in [7, 11) is 16.1. The van der Waals surface area contributed by atoms with Gasteiger partial charge in [0.15, 0.2) is 5.60 Å². The summed E-state index contributed by atoms with van der Waals surface area (Å²) in [5.41, 5.74) is 8.80. The van der Waals surface area contributed by atoms with Crippen LogP contribution in [0.1, 0.15) is 38.2 Å². The summed E-state index contributed by atoms with van der Waals surface area (Å²) < 4.78 is 7.65. The average molecular weight is 890 g/mol. The topological polar surface area (TPSA) is 39.3 Å². The molecule has 1 aliphatic rings. The number of carbonyl (C=O) groups is 1. The van der Waals surface area contributed by atoms with Crippen LogP contribution in [0.25, 0.3) is 11.1 Å². The van der Waals surface area contributed by atoms with Crippen molar-refractivity contribution in [3.8, 4) is 0 Å². The van der Waals surface area contributed by atoms with E-state index in [0.29, 0.717) is 19.5 Å². The lowest BCUT2D eigenvalue weighted by Crippen LogP contribution is -2.23. The summed E-state index contributed by atoms with van der Waals surface area (Å²) in [6, 6.07) is 33.3. The number of halogens is 4. The van der Waals surface area contributed by atoms with Crippen LogP contribution < -0.4 is 19.6 Å². The standard InChI is InChI=1S/C44H42Br2Cl2N4O2/c1-49(2)31-17-9-27(10-18-31)35(28-11-19-32(20-12-28)50(3)4)25-44(38-37(43(53)54-44)41(47)39(45)40(46)42(38)48)26-36(29-13-21-33(22-14-29)51(5)6)30-15-23-34(24-16-30)52(7)8/h9-26H,1-8H3. The first kappa shape index (κ1) is 39.5. The summed E-state index contributed by atoms with van der Waals surface area (Å²) in [5.74, 6) is -0.576. The number of carbonyl (C=O) groups excluding carboxylic acids is 1. The molecule has 0 amide bonds. The number of ether oxygens (including phenoxy) is 1. The third-order valence-electron chi connectivity index (χ3n) is 9.62. The lowest BCUT2D eigenvalue weighted by molar-refractivity contribution is 0.0300. The second kappa shape index (κ2) is 15.9. The Balaban J connectivity index is 1.74. The fourth-order valence-corrected chi connectivity index (χ4v) is 8.17. The number of nitrogens with zero attached hydrogens (tertiary/aromatic N) is 4. The minimum Gasteiger partial charge on any atom is -0.442 e. The molecule has 0 saturated heterocycles. The smallest absolute Gasteiger partial charge is 0.341 e. The molecule has 0 unspecified atom stereocenters. The van der Waals surface area contributed by atoms with E-state index in [0.717, 1.165) is 56.1 Å². The molecule has 54 heavy (non-hydrogen) atoms. The summed E-state index contributed by atoms with van der Waals surface area (Å²) in [5, 5.41) is 0.532. The van der Waals surface area contributed by atoms with Crippen molar-refractivity contribution in [2.75, 3.05) is 76.0 Å². The predicted molar refractivity (Wildman–Crippen MR) is 236 cm³/mol. The fourth-order valence-electron chi connectivity index (χ4n) is 6.54. The van der Waals surface area contributed by atoms with Gasteiger partial charge in [-0.2, -0.15) is 0 Å². The van der Waals surface area contributed by atoms with Gasteiger partial charge in [0, 0.05) is 84.7 Å². The average Bonchev–Trinajstić information content (AvgIpc) is 3.45.